The molecule has 0 aliphatic carbocycles. The van der Waals surface area contributed by atoms with Gasteiger partial charge in [-0.1, -0.05) is 15.9 Å². The van der Waals surface area contributed by atoms with Crippen molar-refractivity contribution in [3.8, 4) is 0 Å². The molecule has 0 unspecified atom stereocenters. The normalized spacial score (nSPS) is 11.4. The van der Waals surface area contributed by atoms with Crippen LogP contribution in [0.2, 0.25) is 0 Å². The van der Waals surface area contributed by atoms with Gasteiger partial charge in [-0.3, -0.25) is 4.79 Å². The Labute approximate surface area is 142 Å². The minimum Gasteiger partial charge on any atom is -0.347 e. The second kappa shape index (κ2) is 6.57. The number of sulfonamides is 1. The molecule has 1 amide bonds. The van der Waals surface area contributed by atoms with Crippen molar-refractivity contribution in [3.05, 3.63) is 49.7 Å². The van der Waals surface area contributed by atoms with Gasteiger partial charge in [0.1, 0.15) is 4.21 Å². The summed E-state index contributed by atoms with van der Waals surface area (Å²) >= 11 is 7.65. The first-order valence-corrected chi connectivity index (χ1v) is 9.57. The number of thiophene rings is 1. The van der Waals surface area contributed by atoms with Crippen molar-refractivity contribution in [1.82, 2.24) is 5.32 Å². The Morgan fingerprint density at radius 1 is 1.24 bits per heavy atom. The quantitative estimate of drug-likeness (QED) is 0.745. The molecule has 0 aliphatic heterocycles. The summed E-state index contributed by atoms with van der Waals surface area (Å²) in [6.45, 7) is 0.234. The highest BCUT2D eigenvalue weighted by atomic mass is 79.9. The lowest BCUT2D eigenvalue weighted by Gasteiger charge is -2.06. The average Bonchev–Trinajstić information content (AvgIpc) is 2.87. The zero-order valence-corrected chi connectivity index (χ0v) is 15.3. The Balaban J connectivity index is 2.08. The van der Waals surface area contributed by atoms with Crippen LogP contribution in [-0.4, -0.2) is 14.3 Å². The smallest absolute Gasteiger partial charge is 0.252 e. The number of hydrogen-bond acceptors (Lipinski definition) is 4. The zero-order chi connectivity index (χ0) is 15.6. The van der Waals surface area contributed by atoms with E-state index in [1.54, 1.807) is 18.2 Å². The van der Waals surface area contributed by atoms with Crippen LogP contribution in [0.4, 0.5) is 0 Å². The molecule has 0 atom stereocenters. The van der Waals surface area contributed by atoms with Crippen LogP contribution < -0.4 is 10.5 Å². The first kappa shape index (κ1) is 16.6. The predicted octanol–water partition coefficient (Wildman–Crippen LogP) is 2.85. The van der Waals surface area contributed by atoms with Crippen molar-refractivity contribution in [1.29, 1.82) is 0 Å². The van der Waals surface area contributed by atoms with E-state index in [9.17, 15) is 13.2 Å². The molecule has 2 rings (SSSR count). The minimum atomic E-state index is -3.69. The largest absolute Gasteiger partial charge is 0.347 e. The highest BCUT2D eigenvalue weighted by Crippen LogP contribution is 2.23. The maximum atomic E-state index is 12.1. The molecule has 0 aliphatic rings. The highest BCUT2D eigenvalue weighted by Gasteiger charge is 2.13. The summed E-state index contributed by atoms with van der Waals surface area (Å²) in [6.07, 6.45) is 0. The predicted molar refractivity (Wildman–Crippen MR) is 88.7 cm³/mol. The van der Waals surface area contributed by atoms with E-state index < -0.39 is 10.0 Å². The van der Waals surface area contributed by atoms with E-state index in [-0.39, 0.29) is 16.7 Å². The van der Waals surface area contributed by atoms with Crippen LogP contribution in [0.3, 0.4) is 0 Å². The van der Waals surface area contributed by atoms with Gasteiger partial charge in [-0.05, 0) is 46.3 Å². The van der Waals surface area contributed by atoms with Crippen LogP contribution in [0.15, 0.2) is 43.5 Å². The standard InChI is InChI=1S/C12H10Br2N2O3S2/c13-7-1-3-10(14)9(5-7)12(17)16-6-8-2-4-11(20-8)21(15,18)19/h1-5H,6H2,(H,16,17)(H2,15,18,19). The molecule has 1 aromatic heterocycles. The second-order valence-corrected chi connectivity index (χ2v) is 8.80. The first-order chi connectivity index (χ1) is 9.77. The van der Waals surface area contributed by atoms with Crippen molar-refractivity contribution < 1.29 is 13.2 Å². The molecular formula is C12H10Br2N2O3S2. The van der Waals surface area contributed by atoms with Gasteiger partial charge >= 0.3 is 0 Å². The van der Waals surface area contributed by atoms with Crippen LogP contribution in [0.1, 0.15) is 15.2 Å². The van der Waals surface area contributed by atoms with Crippen LogP contribution in [0.5, 0.6) is 0 Å². The van der Waals surface area contributed by atoms with Gasteiger partial charge in [0.15, 0.2) is 0 Å². The third-order valence-electron chi connectivity index (χ3n) is 2.51. The summed E-state index contributed by atoms with van der Waals surface area (Å²) in [6, 6.07) is 8.34. The van der Waals surface area contributed by atoms with Gasteiger partial charge in [-0.2, -0.15) is 0 Å². The average molecular weight is 454 g/mol. The number of amides is 1. The summed E-state index contributed by atoms with van der Waals surface area (Å²) in [7, 11) is -3.69. The molecule has 0 radical (unpaired) electrons. The fourth-order valence-corrected chi connectivity index (χ4v) is 4.05. The Morgan fingerprint density at radius 2 is 1.95 bits per heavy atom. The summed E-state index contributed by atoms with van der Waals surface area (Å²) in [5, 5.41) is 7.77. The maximum Gasteiger partial charge on any atom is 0.252 e. The summed E-state index contributed by atoms with van der Waals surface area (Å²) in [5.74, 6) is -0.256. The van der Waals surface area contributed by atoms with E-state index in [1.807, 2.05) is 6.07 Å². The molecule has 0 bridgehead atoms. The monoisotopic (exact) mass is 452 g/mol. The van der Waals surface area contributed by atoms with E-state index in [0.717, 1.165) is 15.8 Å². The SMILES string of the molecule is NS(=O)(=O)c1ccc(CNC(=O)c2cc(Br)ccc2Br)s1. The maximum absolute atomic E-state index is 12.1. The molecule has 2 aromatic rings. The van der Waals surface area contributed by atoms with Gasteiger partial charge in [-0.15, -0.1) is 11.3 Å². The number of carbonyl (C=O) groups excluding carboxylic acids is 1. The molecule has 112 valence electrons. The van der Waals surface area contributed by atoms with Crippen LogP contribution in [-0.2, 0) is 16.6 Å². The number of nitrogens with two attached hydrogens (primary N) is 1. The summed E-state index contributed by atoms with van der Waals surface area (Å²) in [4.78, 5) is 12.8. The van der Waals surface area contributed by atoms with E-state index in [4.69, 9.17) is 5.14 Å². The molecule has 0 saturated heterocycles. The van der Waals surface area contributed by atoms with Gasteiger partial charge in [0, 0.05) is 13.8 Å². The second-order valence-electron chi connectivity index (χ2n) is 4.07. The van der Waals surface area contributed by atoms with E-state index >= 15 is 0 Å². The number of carbonyl (C=O) groups is 1. The van der Waals surface area contributed by atoms with Crippen molar-refractivity contribution in [2.45, 2.75) is 10.8 Å². The Morgan fingerprint density at radius 3 is 2.57 bits per heavy atom. The lowest BCUT2D eigenvalue weighted by atomic mass is 10.2. The summed E-state index contributed by atoms with van der Waals surface area (Å²) in [5.41, 5.74) is 0.493. The zero-order valence-electron chi connectivity index (χ0n) is 10.5. The van der Waals surface area contributed by atoms with E-state index in [2.05, 4.69) is 37.2 Å². The number of primary sulfonamides is 1. The molecule has 0 spiro atoms. The van der Waals surface area contributed by atoms with Crippen LogP contribution in [0.25, 0.3) is 0 Å². The molecule has 21 heavy (non-hydrogen) atoms. The van der Waals surface area contributed by atoms with E-state index in [1.165, 1.54) is 6.07 Å². The summed E-state index contributed by atoms with van der Waals surface area (Å²) < 4.78 is 23.9. The molecular weight excluding hydrogens is 444 g/mol. The molecule has 1 aromatic carbocycles. The molecule has 9 heteroatoms. The topological polar surface area (TPSA) is 89.3 Å². The van der Waals surface area contributed by atoms with E-state index in [0.29, 0.717) is 14.9 Å². The Hall–Kier alpha value is -0.740. The van der Waals surface area contributed by atoms with Gasteiger partial charge in [0.25, 0.3) is 5.91 Å². The number of hydrogen-bond donors (Lipinski definition) is 2. The van der Waals surface area contributed by atoms with Crippen LogP contribution in [0, 0.1) is 0 Å². The fourth-order valence-electron chi connectivity index (χ4n) is 1.54. The van der Waals surface area contributed by atoms with Gasteiger partial charge in [0.2, 0.25) is 10.0 Å². The number of rotatable bonds is 4. The van der Waals surface area contributed by atoms with Crippen molar-refractivity contribution in [3.63, 3.8) is 0 Å². The first-order valence-electron chi connectivity index (χ1n) is 5.62. The number of benzene rings is 1. The number of halogens is 2. The third kappa shape index (κ3) is 4.36. The van der Waals surface area contributed by atoms with Crippen molar-refractivity contribution >= 4 is 59.1 Å². The minimum absolute atomic E-state index is 0.0791. The third-order valence-corrected chi connectivity index (χ3v) is 6.22. The lowest BCUT2D eigenvalue weighted by Crippen LogP contribution is -2.22. The molecule has 0 saturated carbocycles. The highest BCUT2D eigenvalue weighted by molar-refractivity contribution is 9.11. The lowest BCUT2D eigenvalue weighted by molar-refractivity contribution is 0.0950. The fraction of sp³-hybridized carbons (Fsp3) is 0.0833. The molecule has 0 fully saturated rings. The Bertz CT molecular complexity index is 788. The molecule has 5 nitrogen and oxygen atoms in total. The Kier molecular flexibility index (Phi) is 5.20. The van der Waals surface area contributed by atoms with Crippen molar-refractivity contribution in [2.75, 3.05) is 0 Å². The molecule has 1 heterocycles. The van der Waals surface area contributed by atoms with Crippen LogP contribution >= 0.6 is 43.2 Å². The number of nitrogens with one attached hydrogen (secondary N) is 1. The van der Waals surface area contributed by atoms with Gasteiger partial charge < -0.3 is 5.32 Å². The van der Waals surface area contributed by atoms with Gasteiger partial charge in [0.05, 0.1) is 12.1 Å². The molecule has 3 N–H and O–H groups in total. The van der Waals surface area contributed by atoms with Gasteiger partial charge in [-0.25, -0.2) is 13.6 Å². The van der Waals surface area contributed by atoms with Crippen molar-refractivity contribution in [2.24, 2.45) is 5.14 Å².